The van der Waals surface area contributed by atoms with Gasteiger partial charge >= 0.3 is 0 Å². The van der Waals surface area contributed by atoms with Gasteiger partial charge in [0.15, 0.2) is 0 Å². The van der Waals surface area contributed by atoms with Gasteiger partial charge in [0, 0.05) is 32.1 Å². The molecule has 120 valence electrons. The number of hydrogen-bond donors (Lipinski definition) is 1. The van der Waals surface area contributed by atoms with Crippen LogP contribution in [0.2, 0.25) is 0 Å². The summed E-state index contributed by atoms with van der Waals surface area (Å²) < 4.78 is 0. The Morgan fingerprint density at radius 1 is 1.00 bits per heavy atom. The number of nitrogens with one attached hydrogen (secondary N) is 1. The predicted octanol–water partition coefficient (Wildman–Crippen LogP) is 4.19. The van der Waals surface area contributed by atoms with Crippen LogP contribution in [-0.4, -0.2) is 30.1 Å². The molecule has 0 aliphatic heterocycles. The molecule has 0 fully saturated rings. The lowest BCUT2D eigenvalue weighted by atomic mass is 10.2. The van der Waals surface area contributed by atoms with Gasteiger partial charge in [0.05, 0.1) is 0 Å². The van der Waals surface area contributed by atoms with E-state index in [0.29, 0.717) is 0 Å². The second kappa shape index (κ2) is 9.59. The highest BCUT2D eigenvalue weighted by molar-refractivity contribution is 5.58. The van der Waals surface area contributed by atoms with E-state index in [1.54, 1.807) is 0 Å². The molecule has 0 amide bonds. The summed E-state index contributed by atoms with van der Waals surface area (Å²) >= 11 is 0. The first kappa shape index (κ1) is 17.7. The summed E-state index contributed by atoms with van der Waals surface area (Å²) in [6.45, 7) is 10.7. The lowest BCUT2D eigenvalue weighted by Gasteiger charge is -2.22. The second-order valence-electron chi connectivity index (χ2n) is 5.74. The summed E-state index contributed by atoms with van der Waals surface area (Å²) in [5.41, 5.74) is 1.17. The zero-order chi connectivity index (χ0) is 15.7. The van der Waals surface area contributed by atoms with Gasteiger partial charge in [-0.25, -0.2) is 9.97 Å². The number of hydrogen-bond acceptors (Lipinski definition) is 4. The van der Waals surface area contributed by atoms with E-state index >= 15 is 0 Å². The number of unbranched alkanes of at least 4 members (excludes halogenated alkanes) is 2. The standard InChI is InChI=1S/C17H32N4/c1-6-9-10-13-21(5)17-14(4)16(18-12-8-3)19-15(20-17)11-7-2/h6-13H2,1-5H3,(H,18,19,20). The molecule has 0 aromatic carbocycles. The van der Waals surface area contributed by atoms with Gasteiger partial charge in [-0.1, -0.05) is 33.6 Å². The maximum atomic E-state index is 4.78. The second-order valence-corrected chi connectivity index (χ2v) is 5.74. The van der Waals surface area contributed by atoms with Crippen molar-refractivity contribution in [3.63, 3.8) is 0 Å². The Morgan fingerprint density at radius 3 is 2.38 bits per heavy atom. The van der Waals surface area contributed by atoms with Gasteiger partial charge in [-0.2, -0.15) is 0 Å². The van der Waals surface area contributed by atoms with Crippen LogP contribution in [0.15, 0.2) is 0 Å². The quantitative estimate of drug-likeness (QED) is 0.657. The first-order valence-electron chi connectivity index (χ1n) is 8.46. The van der Waals surface area contributed by atoms with Crippen LogP contribution in [0, 0.1) is 6.92 Å². The fourth-order valence-corrected chi connectivity index (χ4v) is 2.38. The Morgan fingerprint density at radius 2 is 1.76 bits per heavy atom. The molecular formula is C17H32N4. The largest absolute Gasteiger partial charge is 0.370 e. The summed E-state index contributed by atoms with van der Waals surface area (Å²) in [7, 11) is 2.14. The maximum Gasteiger partial charge on any atom is 0.137 e. The molecule has 0 bridgehead atoms. The molecule has 1 heterocycles. The van der Waals surface area contributed by atoms with Crippen LogP contribution in [-0.2, 0) is 6.42 Å². The van der Waals surface area contributed by atoms with Crippen LogP contribution in [0.4, 0.5) is 11.6 Å². The van der Waals surface area contributed by atoms with Crippen LogP contribution < -0.4 is 10.2 Å². The number of anilines is 2. The van der Waals surface area contributed by atoms with Gasteiger partial charge in [-0.05, 0) is 26.2 Å². The van der Waals surface area contributed by atoms with Crippen molar-refractivity contribution in [1.29, 1.82) is 0 Å². The summed E-state index contributed by atoms with van der Waals surface area (Å²) in [5.74, 6) is 3.05. The highest BCUT2D eigenvalue weighted by atomic mass is 15.2. The van der Waals surface area contributed by atoms with E-state index in [-0.39, 0.29) is 0 Å². The summed E-state index contributed by atoms with van der Waals surface area (Å²) in [6.07, 6.45) is 6.87. The Kier molecular flexibility index (Phi) is 8.09. The Balaban J connectivity index is 2.95. The Labute approximate surface area is 130 Å². The van der Waals surface area contributed by atoms with Gasteiger partial charge in [0.25, 0.3) is 0 Å². The zero-order valence-electron chi connectivity index (χ0n) is 14.5. The van der Waals surface area contributed by atoms with Crippen molar-refractivity contribution >= 4 is 11.6 Å². The molecule has 1 aromatic rings. The molecule has 0 saturated heterocycles. The van der Waals surface area contributed by atoms with Crippen LogP contribution in [0.3, 0.4) is 0 Å². The minimum Gasteiger partial charge on any atom is -0.370 e. The fourth-order valence-electron chi connectivity index (χ4n) is 2.38. The highest BCUT2D eigenvalue weighted by Gasteiger charge is 2.13. The molecule has 0 unspecified atom stereocenters. The van der Waals surface area contributed by atoms with E-state index in [9.17, 15) is 0 Å². The molecule has 0 spiro atoms. The lowest BCUT2D eigenvalue weighted by molar-refractivity contribution is 0.696. The molecule has 1 rings (SSSR count). The van der Waals surface area contributed by atoms with E-state index in [0.717, 1.165) is 49.8 Å². The van der Waals surface area contributed by atoms with Gasteiger partial charge in [0.1, 0.15) is 17.5 Å². The third-order valence-electron chi connectivity index (χ3n) is 3.64. The normalized spacial score (nSPS) is 10.7. The molecule has 1 N–H and O–H groups in total. The number of nitrogens with zero attached hydrogens (tertiary/aromatic N) is 3. The summed E-state index contributed by atoms with van der Waals surface area (Å²) in [5, 5.41) is 3.45. The molecule has 0 aliphatic rings. The molecule has 0 radical (unpaired) electrons. The lowest BCUT2D eigenvalue weighted by Crippen LogP contribution is -2.22. The summed E-state index contributed by atoms with van der Waals surface area (Å²) in [6, 6.07) is 0. The first-order chi connectivity index (χ1) is 10.1. The van der Waals surface area contributed by atoms with Gasteiger partial charge in [-0.3, -0.25) is 0 Å². The molecule has 4 heteroatoms. The van der Waals surface area contributed by atoms with E-state index in [1.165, 1.54) is 24.8 Å². The smallest absolute Gasteiger partial charge is 0.137 e. The van der Waals surface area contributed by atoms with E-state index < -0.39 is 0 Å². The molecular weight excluding hydrogens is 260 g/mol. The van der Waals surface area contributed by atoms with Crippen molar-refractivity contribution in [3.05, 3.63) is 11.4 Å². The minimum atomic E-state index is 0.941. The van der Waals surface area contributed by atoms with Gasteiger partial charge in [-0.15, -0.1) is 0 Å². The van der Waals surface area contributed by atoms with E-state index in [1.807, 2.05) is 0 Å². The number of aromatic nitrogens is 2. The SMILES string of the molecule is CCCCCN(C)c1nc(CCC)nc(NCCC)c1C. The van der Waals surface area contributed by atoms with Crippen molar-refractivity contribution in [2.45, 2.75) is 66.2 Å². The average molecular weight is 292 g/mol. The zero-order valence-corrected chi connectivity index (χ0v) is 14.5. The molecule has 0 aliphatic carbocycles. The molecule has 0 atom stereocenters. The van der Waals surface area contributed by atoms with Crippen molar-refractivity contribution in [3.8, 4) is 0 Å². The van der Waals surface area contributed by atoms with Crippen LogP contribution >= 0.6 is 0 Å². The topological polar surface area (TPSA) is 41.1 Å². The predicted molar refractivity (Wildman–Crippen MR) is 92.3 cm³/mol. The molecule has 21 heavy (non-hydrogen) atoms. The molecule has 4 nitrogen and oxygen atoms in total. The van der Waals surface area contributed by atoms with E-state index in [2.05, 4.69) is 45.0 Å². The van der Waals surface area contributed by atoms with Gasteiger partial charge in [0.2, 0.25) is 0 Å². The summed E-state index contributed by atoms with van der Waals surface area (Å²) in [4.78, 5) is 11.8. The van der Waals surface area contributed by atoms with Crippen molar-refractivity contribution in [1.82, 2.24) is 9.97 Å². The Bertz CT molecular complexity index is 417. The highest BCUT2D eigenvalue weighted by Crippen LogP contribution is 2.23. The van der Waals surface area contributed by atoms with E-state index in [4.69, 9.17) is 9.97 Å². The number of aryl methyl sites for hydroxylation is 1. The van der Waals surface area contributed by atoms with Crippen LogP contribution in [0.5, 0.6) is 0 Å². The monoisotopic (exact) mass is 292 g/mol. The van der Waals surface area contributed by atoms with Crippen molar-refractivity contribution in [2.75, 3.05) is 30.4 Å². The Hall–Kier alpha value is -1.32. The third-order valence-corrected chi connectivity index (χ3v) is 3.64. The van der Waals surface area contributed by atoms with Gasteiger partial charge < -0.3 is 10.2 Å². The maximum absolute atomic E-state index is 4.78. The van der Waals surface area contributed by atoms with Crippen LogP contribution in [0.25, 0.3) is 0 Å². The minimum absolute atomic E-state index is 0.941. The van der Waals surface area contributed by atoms with Crippen LogP contribution in [0.1, 0.15) is 64.3 Å². The third kappa shape index (κ3) is 5.52. The van der Waals surface area contributed by atoms with Crippen molar-refractivity contribution < 1.29 is 0 Å². The number of rotatable bonds is 10. The molecule has 0 saturated carbocycles. The molecule has 1 aromatic heterocycles. The fraction of sp³-hybridized carbons (Fsp3) is 0.765. The average Bonchev–Trinajstić information content (AvgIpc) is 2.47. The first-order valence-corrected chi connectivity index (χ1v) is 8.46. The van der Waals surface area contributed by atoms with Crippen molar-refractivity contribution in [2.24, 2.45) is 0 Å².